The van der Waals surface area contributed by atoms with Crippen molar-refractivity contribution in [2.24, 2.45) is 0 Å². The van der Waals surface area contributed by atoms with E-state index in [0.717, 1.165) is 29.3 Å². The van der Waals surface area contributed by atoms with Crippen molar-refractivity contribution in [1.82, 2.24) is 14.1 Å². The van der Waals surface area contributed by atoms with Crippen molar-refractivity contribution in [3.8, 4) is 0 Å². The van der Waals surface area contributed by atoms with Crippen LogP contribution in [0.5, 0.6) is 0 Å². The molecule has 1 aromatic carbocycles. The summed E-state index contributed by atoms with van der Waals surface area (Å²) in [5.74, 6) is 0.0267. The maximum atomic E-state index is 13.1. The molecule has 1 aromatic rings. The largest absolute Gasteiger partial charge is 0.417 e. The molecule has 1 heterocycles. The van der Waals surface area contributed by atoms with Gasteiger partial charge in [-0.25, -0.2) is 8.42 Å². The summed E-state index contributed by atoms with van der Waals surface area (Å²) in [7, 11) is -4.09. The van der Waals surface area contributed by atoms with Gasteiger partial charge in [0, 0.05) is 38.8 Å². The first-order chi connectivity index (χ1) is 13.5. The second-order valence-corrected chi connectivity index (χ2v) is 9.58. The first-order valence-electron chi connectivity index (χ1n) is 9.42. The van der Waals surface area contributed by atoms with Gasteiger partial charge in [-0.1, -0.05) is 11.6 Å². The fourth-order valence-corrected chi connectivity index (χ4v) is 5.14. The van der Waals surface area contributed by atoms with Crippen LogP contribution >= 0.6 is 11.6 Å². The number of hydrogen-bond acceptors (Lipinski definition) is 4. The standard InChI is InChI=1S/C18H23ClF3N3O3S/c1-2-25(13-3-4-13)17(26)12-23-7-9-24(10-8-23)29(27,28)14-5-6-16(19)15(11-14)18(20,21)22/h5-6,11,13H,2-4,7-10,12H2,1H3. The molecule has 6 nitrogen and oxygen atoms in total. The Morgan fingerprint density at radius 2 is 1.83 bits per heavy atom. The molecule has 29 heavy (non-hydrogen) atoms. The van der Waals surface area contributed by atoms with Gasteiger partial charge in [-0.05, 0) is 38.0 Å². The summed E-state index contributed by atoms with van der Waals surface area (Å²) in [6.07, 6.45) is -2.70. The summed E-state index contributed by atoms with van der Waals surface area (Å²) in [4.78, 5) is 15.7. The van der Waals surface area contributed by atoms with E-state index < -0.39 is 31.7 Å². The van der Waals surface area contributed by atoms with Crippen LogP contribution in [-0.4, -0.2) is 73.7 Å². The third-order valence-corrected chi connectivity index (χ3v) is 7.44. The van der Waals surface area contributed by atoms with E-state index in [1.807, 2.05) is 16.7 Å². The first-order valence-corrected chi connectivity index (χ1v) is 11.2. The predicted octanol–water partition coefficient (Wildman–Crippen LogP) is 2.68. The highest BCUT2D eigenvalue weighted by molar-refractivity contribution is 7.89. The average molecular weight is 454 g/mol. The predicted molar refractivity (Wildman–Crippen MR) is 102 cm³/mol. The number of alkyl halides is 3. The maximum Gasteiger partial charge on any atom is 0.417 e. The summed E-state index contributed by atoms with van der Waals surface area (Å²) < 4.78 is 65.9. The fraction of sp³-hybridized carbons (Fsp3) is 0.611. The molecule has 1 aliphatic carbocycles. The molecule has 3 rings (SSSR count). The van der Waals surface area contributed by atoms with Crippen LogP contribution in [0.1, 0.15) is 25.3 Å². The van der Waals surface area contributed by atoms with E-state index in [0.29, 0.717) is 31.7 Å². The second kappa shape index (κ2) is 8.41. The van der Waals surface area contributed by atoms with Crippen LogP contribution in [0.2, 0.25) is 5.02 Å². The van der Waals surface area contributed by atoms with Gasteiger partial charge in [0.05, 0.1) is 22.0 Å². The normalized spacial score (nSPS) is 19.3. The molecule has 0 aromatic heterocycles. The molecule has 0 N–H and O–H groups in total. The Hall–Kier alpha value is -1.36. The second-order valence-electron chi connectivity index (χ2n) is 7.23. The zero-order chi connectivity index (χ0) is 21.4. The third-order valence-electron chi connectivity index (χ3n) is 5.22. The zero-order valence-corrected chi connectivity index (χ0v) is 17.5. The number of carbonyl (C=O) groups excluding carboxylic acids is 1. The van der Waals surface area contributed by atoms with Crippen LogP contribution in [0.3, 0.4) is 0 Å². The third kappa shape index (κ3) is 5.04. The van der Waals surface area contributed by atoms with Crippen LogP contribution in [0.4, 0.5) is 13.2 Å². The van der Waals surface area contributed by atoms with Crippen molar-refractivity contribution in [3.05, 3.63) is 28.8 Å². The molecule has 1 amide bonds. The number of rotatable bonds is 6. The molecule has 2 fully saturated rings. The monoisotopic (exact) mass is 453 g/mol. The van der Waals surface area contributed by atoms with E-state index in [4.69, 9.17) is 11.6 Å². The van der Waals surface area contributed by atoms with Gasteiger partial charge in [-0.3, -0.25) is 9.69 Å². The number of halogens is 4. The molecule has 0 bridgehead atoms. The van der Waals surface area contributed by atoms with Crippen LogP contribution in [-0.2, 0) is 21.0 Å². The number of likely N-dealkylation sites (N-methyl/N-ethyl adjacent to an activating group) is 1. The van der Waals surface area contributed by atoms with Crippen molar-refractivity contribution in [2.75, 3.05) is 39.3 Å². The lowest BCUT2D eigenvalue weighted by Gasteiger charge is -2.34. The van der Waals surface area contributed by atoms with Gasteiger partial charge in [0.15, 0.2) is 0 Å². The minimum absolute atomic E-state index is 0.0267. The van der Waals surface area contributed by atoms with E-state index in [9.17, 15) is 26.4 Å². The fourth-order valence-electron chi connectivity index (χ4n) is 3.47. The maximum absolute atomic E-state index is 13.1. The SMILES string of the molecule is CCN(C(=O)CN1CCN(S(=O)(=O)c2ccc(Cl)c(C(F)(F)F)c2)CC1)C1CC1. The molecule has 2 aliphatic rings. The molecule has 0 spiro atoms. The first kappa shape index (κ1) is 22.3. The molecule has 1 aliphatic heterocycles. The Kier molecular flexibility index (Phi) is 6.47. The highest BCUT2D eigenvalue weighted by Gasteiger charge is 2.37. The Morgan fingerprint density at radius 1 is 1.21 bits per heavy atom. The number of carbonyl (C=O) groups is 1. The van der Waals surface area contributed by atoms with Gasteiger partial charge in [-0.15, -0.1) is 0 Å². The Bertz CT molecular complexity index is 867. The van der Waals surface area contributed by atoms with Crippen molar-refractivity contribution < 1.29 is 26.4 Å². The van der Waals surface area contributed by atoms with Gasteiger partial charge in [0.1, 0.15) is 0 Å². The van der Waals surface area contributed by atoms with Crippen molar-refractivity contribution in [1.29, 1.82) is 0 Å². The summed E-state index contributed by atoms with van der Waals surface area (Å²) in [6.45, 7) is 3.69. The summed E-state index contributed by atoms with van der Waals surface area (Å²) in [5.41, 5.74) is -1.18. The number of nitrogens with zero attached hydrogens (tertiary/aromatic N) is 3. The average Bonchev–Trinajstić information content (AvgIpc) is 3.47. The molecule has 1 saturated carbocycles. The van der Waals surface area contributed by atoms with E-state index in [1.54, 1.807) is 0 Å². The summed E-state index contributed by atoms with van der Waals surface area (Å²) in [5, 5.41) is -0.545. The lowest BCUT2D eigenvalue weighted by molar-refractivity contribution is -0.137. The van der Waals surface area contributed by atoms with Gasteiger partial charge in [0.2, 0.25) is 15.9 Å². The summed E-state index contributed by atoms with van der Waals surface area (Å²) in [6, 6.07) is 2.92. The summed E-state index contributed by atoms with van der Waals surface area (Å²) >= 11 is 5.58. The minimum Gasteiger partial charge on any atom is -0.339 e. The van der Waals surface area contributed by atoms with Gasteiger partial charge < -0.3 is 4.90 Å². The van der Waals surface area contributed by atoms with Gasteiger partial charge in [-0.2, -0.15) is 17.5 Å². The number of hydrogen-bond donors (Lipinski definition) is 0. The molecule has 0 radical (unpaired) electrons. The van der Waals surface area contributed by atoms with Crippen LogP contribution in [0.15, 0.2) is 23.1 Å². The van der Waals surface area contributed by atoms with Crippen molar-refractivity contribution in [3.63, 3.8) is 0 Å². The van der Waals surface area contributed by atoms with Crippen LogP contribution < -0.4 is 0 Å². The molecule has 11 heteroatoms. The molecule has 162 valence electrons. The molecule has 0 unspecified atom stereocenters. The van der Waals surface area contributed by atoms with E-state index in [1.165, 1.54) is 0 Å². The number of benzene rings is 1. The van der Waals surface area contributed by atoms with Gasteiger partial charge in [0.25, 0.3) is 0 Å². The minimum atomic E-state index is -4.74. The van der Waals surface area contributed by atoms with Crippen molar-refractivity contribution >= 4 is 27.5 Å². The topological polar surface area (TPSA) is 60.9 Å². The quantitative estimate of drug-likeness (QED) is 0.664. The van der Waals surface area contributed by atoms with Gasteiger partial charge >= 0.3 is 6.18 Å². The number of piperazine rings is 1. The molecular weight excluding hydrogens is 431 g/mol. The smallest absolute Gasteiger partial charge is 0.339 e. The van der Waals surface area contributed by atoms with E-state index in [-0.39, 0.29) is 25.5 Å². The van der Waals surface area contributed by atoms with E-state index in [2.05, 4.69) is 0 Å². The lowest BCUT2D eigenvalue weighted by atomic mass is 10.2. The number of sulfonamides is 1. The Balaban J connectivity index is 1.65. The van der Waals surface area contributed by atoms with Crippen LogP contribution in [0, 0.1) is 0 Å². The lowest BCUT2D eigenvalue weighted by Crippen LogP contribution is -2.51. The Labute approximate surface area is 173 Å². The number of amides is 1. The van der Waals surface area contributed by atoms with Crippen LogP contribution in [0.25, 0.3) is 0 Å². The molecule has 1 saturated heterocycles. The Morgan fingerprint density at radius 3 is 2.34 bits per heavy atom. The van der Waals surface area contributed by atoms with E-state index >= 15 is 0 Å². The highest BCUT2D eigenvalue weighted by Crippen LogP contribution is 2.36. The molecular formula is C18H23ClF3N3O3S. The molecule has 0 atom stereocenters. The highest BCUT2D eigenvalue weighted by atomic mass is 35.5. The van der Waals surface area contributed by atoms with Crippen molar-refractivity contribution in [2.45, 2.75) is 36.9 Å². The zero-order valence-electron chi connectivity index (χ0n) is 16.0.